The molecule has 1 aromatic carbocycles. The van der Waals surface area contributed by atoms with Crippen LogP contribution in [0.15, 0.2) is 34.5 Å². The zero-order chi connectivity index (χ0) is 19.7. The van der Waals surface area contributed by atoms with Crippen LogP contribution < -0.4 is 0 Å². The maximum Gasteiger partial charge on any atom is 0.417 e. The Morgan fingerprint density at radius 2 is 1.89 bits per heavy atom. The van der Waals surface area contributed by atoms with E-state index in [0.717, 1.165) is 27.1 Å². The highest BCUT2D eigenvalue weighted by molar-refractivity contribution is 7.89. The fourth-order valence-corrected chi connectivity index (χ4v) is 5.41. The van der Waals surface area contributed by atoms with Crippen molar-refractivity contribution in [3.8, 4) is 0 Å². The Kier molecular flexibility index (Phi) is 5.90. The fraction of sp³-hybridized carbons (Fsp3) is 0.471. The van der Waals surface area contributed by atoms with Gasteiger partial charge in [-0.2, -0.15) is 17.5 Å². The van der Waals surface area contributed by atoms with Crippen LogP contribution in [0, 0.1) is 6.92 Å². The van der Waals surface area contributed by atoms with Crippen LogP contribution in [0.3, 0.4) is 0 Å². The average Bonchev–Trinajstić information content (AvgIpc) is 2.86. The highest BCUT2D eigenvalue weighted by atomic mass is 32.2. The molecular formula is C17H20F3N3O2S2. The minimum Gasteiger partial charge on any atom is -0.296 e. The number of sulfonamides is 1. The third kappa shape index (κ3) is 4.68. The quantitative estimate of drug-likeness (QED) is 0.763. The number of aromatic nitrogens is 1. The summed E-state index contributed by atoms with van der Waals surface area (Å²) >= 11 is 1.55. The molecule has 0 spiro atoms. The van der Waals surface area contributed by atoms with E-state index in [1.54, 1.807) is 11.3 Å². The molecule has 0 saturated carbocycles. The van der Waals surface area contributed by atoms with Crippen molar-refractivity contribution in [1.29, 1.82) is 0 Å². The maximum atomic E-state index is 13.2. The second kappa shape index (κ2) is 7.86. The van der Waals surface area contributed by atoms with Gasteiger partial charge in [0.05, 0.1) is 21.2 Å². The van der Waals surface area contributed by atoms with E-state index in [1.807, 2.05) is 12.3 Å². The first-order valence-corrected chi connectivity index (χ1v) is 10.8. The topological polar surface area (TPSA) is 53.5 Å². The van der Waals surface area contributed by atoms with Gasteiger partial charge < -0.3 is 0 Å². The van der Waals surface area contributed by atoms with Gasteiger partial charge in [-0.25, -0.2) is 13.4 Å². The van der Waals surface area contributed by atoms with Gasteiger partial charge in [0.15, 0.2) is 0 Å². The number of rotatable bonds is 4. The molecule has 1 aromatic heterocycles. The molecular weight excluding hydrogens is 399 g/mol. The second-order valence-electron chi connectivity index (χ2n) is 6.39. The van der Waals surface area contributed by atoms with Crippen LogP contribution in [0.2, 0.25) is 0 Å². The molecule has 0 unspecified atom stereocenters. The number of benzene rings is 1. The van der Waals surface area contributed by atoms with E-state index >= 15 is 0 Å². The molecule has 1 aliphatic heterocycles. The summed E-state index contributed by atoms with van der Waals surface area (Å²) < 4.78 is 66.6. The summed E-state index contributed by atoms with van der Waals surface area (Å²) in [6, 6.07) is 4.35. The predicted molar refractivity (Wildman–Crippen MR) is 96.9 cm³/mol. The van der Waals surface area contributed by atoms with E-state index in [2.05, 4.69) is 9.88 Å². The fourth-order valence-electron chi connectivity index (χ4n) is 3.12. The zero-order valence-corrected chi connectivity index (χ0v) is 16.4. The van der Waals surface area contributed by atoms with Gasteiger partial charge >= 0.3 is 6.18 Å². The van der Waals surface area contributed by atoms with Crippen molar-refractivity contribution in [1.82, 2.24) is 14.2 Å². The van der Waals surface area contributed by atoms with Crippen LogP contribution in [-0.2, 0) is 22.7 Å². The Bertz CT molecular complexity index is 897. The van der Waals surface area contributed by atoms with Crippen LogP contribution >= 0.6 is 11.3 Å². The third-order valence-corrected chi connectivity index (χ3v) is 7.19. The van der Waals surface area contributed by atoms with E-state index in [4.69, 9.17) is 0 Å². The summed E-state index contributed by atoms with van der Waals surface area (Å²) in [5.74, 6) is 0. The minimum absolute atomic E-state index is 0.150. The number of nitrogens with zero attached hydrogens (tertiary/aromatic N) is 3. The predicted octanol–water partition coefficient (Wildman–Crippen LogP) is 3.37. The molecule has 2 heterocycles. The van der Waals surface area contributed by atoms with E-state index in [1.165, 1.54) is 12.1 Å². The molecule has 3 rings (SSSR count). The van der Waals surface area contributed by atoms with Crippen LogP contribution in [0.4, 0.5) is 13.2 Å². The largest absolute Gasteiger partial charge is 0.417 e. The van der Waals surface area contributed by atoms with Crippen LogP contribution in [0.5, 0.6) is 0 Å². The van der Waals surface area contributed by atoms with Crippen molar-refractivity contribution in [3.63, 3.8) is 0 Å². The highest BCUT2D eigenvalue weighted by Crippen LogP contribution is 2.35. The minimum atomic E-state index is -4.72. The van der Waals surface area contributed by atoms with Gasteiger partial charge in [-0.1, -0.05) is 12.1 Å². The summed E-state index contributed by atoms with van der Waals surface area (Å²) in [7, 11) is -4.22. The molecule has 1 fully saturated rings. The van der Waals surface area contributed by atoms with Crippen LogP contribution in [0.25, 0.3) is 0 Å². The van der Waals surface area contributed by atoms with Gasteiger partial charge in [0, 0.05) is 31.6 Å². The van der Waals surface area contributed by atoms with Crippen molar-refractivity contribution in [2.75, 3.05) is 26.2 Å². The van der Waals surface area contributed by atoms with Crippen molar-refractivity contribution in [2.24, 2.45) is 0 Å². The molecule has 5 nitrogen and oxygen atoms in total. The Balaban J connectivity index is 1.77. The summed E-state index contributed by atoms with van der Waals surface area (Å²) in [5.41, 5.74) is -0.194. The zero-order valence-electron chi connectivity index (χ0n) is 14.7. The van der Waals surface area contributed by atoms with E-state index in [-0.39, 0.29) is 13.1 Å². The Hall–Kier alpha value is -1.49. The summed E-state index contributed by atoms with van der Waals surface area (Å²) in [6.07, 6.45) is -4.17. The third-order valence-electron chi connectivity index (χ3n) is 4.41. The number of aryl methyl sites for hydroxylation is 1. The lowest BCUT2D eigenvalue weighted by Gasteiger charge is -2.23. The lowest BCUT2D eigenvalue weighted by Crippen LogP contribution is -2.36. The number of alkyl halides is 3. The Morgan fingerprint density at radius 3 is 2.56 bits per heavy atom. The Morgan fingerprint density at radius 1 is 1.15 bits per heavy atom. The molecule has 2 aromatic rings. The first kappa shape index (κ1) is 20.2. The van der Waals surface area contributed by atoms with E-state index in [9.17, 15) is 21.6 Å². The second-order valence-corrected chi connectivity index (χ2v) is 9.35. The molecule has 0 amide bonds. The average molecular weight is 419 g/mol. The summed E-state index contributed by atoms with van der Waals surface area (Å²) in [5, 5.41) is 2.93. The van der Waals surface area contributed by atoms with E-state index < -0.39 is 26.7 Å². The van der Waals surface area contributed by atoms with Crippen LogP contribution in [0.1, 0.15) is 22.7 Å². The van der Waals surface area contributed by atoms with Crippen molar-refractivity contribution in [3.05, 3.63) is 45.9 Å². The highest BCUT2D eigenvalue weighted by Gasteiger charge is 2.39. The van der Waals surface area contributed by atoms with Gasteiger partial charge in [0.25, 0.3) is 0 Å². The molecule has 1 aliphatic rings. The number of thiazole rings is 1. The lowest BCUT2D eigenvalue weighted by atomic mass is 10.2. The van der Waals surface area contributed by atoms with E-state index in [0.29, 0.717) is 26.1 Å². The van der Waals surface area contributed by atoms with Gasteiger partial charge in [-0.05, 0) is 32.0 Å². The number of halogens is 3. The Labute approximate surface area is 160 Å². The van der Waals surface area contributed by atoms with Gasteiger partial charge in [0.1, 0.15) is 0 Å². The van der Waals surface area contributed by atoms with Gasteiger partial charge in [-0.15, -0.1) is 11.3 Å². The maximum absolute atomic E-state index is 13.2. The van der Waals surface area contributed by atoms with Gasteiger partial charge in [0.2, 0.25) is 10.0 Å². The van der Waals surface area contributed by atoms with Crippen LogP contribution in [-0.4, -0.2) is 48.8 Å². The standard InChI is InChI=1S/C17H20F3N3O2S2/c1-13-21-14(12-26-13)11-22-7-4-8-23(10-9-22)27(24,25)16-6-3-2-5-15(16)17(18,19)20/h2-3,5-6,12H,4,7-11H2,1H3. The molecule has 0 N–H and O–H groups in total. The molecule has 27 heavy (non-hydrogen) atoms. The summed E-state index contributed by atoms with van der Waals surface area (Å²) in [4.78, 5) is 5.81. The first-order chi connectivity index (χ1) is 12.7. The summed E-state index contributed by atoms with van der Waals surface area (Å²) in [6.45, 7) is 3.99. The first-order valence-electron chi connectivity index (χ1n) is 8.47. The number of hydrogen-bond donors (Lipinski definition) is 0. The SMILES string of the molecule is Cc1nc(CN2CCCN(S(=O)(=O)c3ccccc3C(F)(F)F)CC2)cs1. The lowest BCUT2D eigenvalue weighted by molar-refractivity contribution is -0.139. The van der Waals surface area contributed by atoms with Crippen molar-refractivity contribution < 1.29 is 21.6 Å². The number of hydrogen-bond acceptors (Lipinski definition) is 5. The molecule has 148 valence electrons. The molecule has 0 aliphatic carbocycles. The normalized spacial score (nSPS) is 17.8. The van der Waals surface area contributed by atoms with Gasteiger partial charge in [-0.3, -0.25) is 4.90 Å². The monoisotopic (exact) mass is 419 g/mol. The smallest absolute Gasteiger partial charge is 0.296 e. The molecule has 1 saturated heterocycles. The van der Waals surface area contributed by atoms with Crippen molar-refractivity contribution in [2.45, 2.75) is 31.0 Å². The molecule has 0 bridgehead atoms. The van der Waals surface area contributed by atoms with Crippen molar-refractivity contribution >= 4 is 21.4 Å². The molecule has 10 heteroatoms. The molecule has 0 atom stereocenters. The molecule has 0 radical (unpaired) electrons.